The normalized spacial score (nSPS) is 14.0. The second-order valence-electron chi connectivity index (χ2n) is 7.74. The van der Waals surface area contributed by atoms with E-state index in [9.17, 15) is 0 Å². The zero-order chi connectivity index (χ0) is 17.9. The average Bonchev–Trinajstić information content (AvgIpc) is 2.58. The molecular weight excluding hydrogens is 292 g/mol. The number of hydrogen-bond acceptors (Lipinski definition) is 2. The number of nitrogens with two attached hydrogens (primary N) is 1. The van der Waals surface area contributed by atoms with E-state index in [1.165, 1.54) is 96.3 Å². The maximum Gasteiger partial charge on any atom is 0.0659 e. The Labute approximate surface area is 153 Å². The fourth-order valence-corrected chi connectivity index (χ4v) is 3.55. The Kier molecular flexibility index (Phi) is 17.7. The van der Waals surface area contributed by atoms with Gasteiger partial charge in [-0.05, 0) is 19.4 Å². The standard InChI is InChI=1S/C22H48N2/c1-4-7-8-9-10-11-12-13-14-15-16-17-18-19-20-21-22(23,5-2)24-6-3/h24H,4-21,23H2,1-3H3. The first-order valence-electron chi connectivity index (χ1n) is 11.2. The fourth-order valence-electron chi connectivity index (χ4n) is 3.55. The average molecular weight is 341 g/mol. The zero-order valence-electron chi connectivity index (χ0n) is 17.3. The highest BCUT2D eigenvalue weighted by atomic mass is 15.1. The van der Waals surface area contributed by atoms with Gasteiger partial charge in [-0.2, -0.15) is 0 Å². The van der Waals surface area contributed by atoms with Crippen molar-refractivity contribution in [2.24, 2.45) is 5.73 Å². The molecule has 146 valence electrons. The van der Waals surface area contributed by atoms with E-state index in [4.69, 9.17) is 5.73 Å². The monoisotopic (exact) mass is 340 g/mol. The molecule has 2 heteroatoms. The SMILES string of the molecule is CCCCCCCCCCCCCCCCCC(N)(CC)NCC. The van der Waals surface area contributed by atoms with Crippen LogP contribution in [0.2, 0.25) is 0 Å². The van der Waals surface area contributed by atoms with E-state index in [0.29, 0.717) is 0 Å². The molecule has 1 unspecified atom stereocenters. The highest BCUT2D eigenvalue weighted by Gasteiger charge is 2.19. The summed E-state index contributed by atoms with van der Waals surface area (Å²) in [7, 11) is 0. The molecule has 0 spiro atoms. The third-order valence-corrected chi connectivity index (χ3v) is 5.39. The summed E-state index contributed by atoms with van der Waals surface area (Å²) in [5.41, 5.74) is 6.23. The minimum absolute atomic E-state index is 0.120. The van der Waals surface area contributed by atoms with Gasteiger partial charge >= 0.3 is 0 Å². The second-order valence-corrected chi connectivity index (χ2v) is 7.74. The Morgan fingerprint density at radius 1 is 0.583 bits per heavy atom. The lowest BCUT2D eigenvalue weighted by Gasteiger charge is -2.29. The van der Waals surface area contributed by atoms with Crippen molar-refractivity contribution in [3.63, 3.8) is 0 Å². The van der Waals surface area contributed by atoms with Crippen LogP contribution in [0.3, 0.4) is 0 Å². The highest BCUT2D eigenvalue weighted by molar-refractivity contribution is 4.78. The van der Waals surface area contributed by atoms with Crippen LogP contribution in [0.5, 0.6) is 0 Å². The molecule has 0 bridgehead atoms. The Morgan fingerprint density at radius 2 is 0.958 bits per heavy atom. The first kappa shape index (κ1) is 23.9. The third kappa shape index (κ3) is 15.4. The van der Waals surface area contributed by atoms with E-state index in [1.54, 1.807) is 0 Å². The van der Waals surface area contributed by atoms with E-state index in [2.05, 4.69) is 26.1 Å². The quantitative estimate of drug-likeness (QED) is 0.198. The number of hydrogen-bond donors (Lipinski definition) is 2. The van der Waals surface area contributed by atoms with Crippen molar-refractivity contribution in [2.45, 2.75) is 136 Å². The minimum atomic E-state index is -0.120. The number of nitrogens with one attached hydrogen (secondary N) is 1. The molecular formula is C22H48N2. The molecule has 1 atom stereocenters. The fraction of sp³-hybridized carbons (Fsp3) is 1.00. The third-order valence-electron chi connectivity index (χ3n) is 5.39. The number of rotatable bonds is 19. The molecule has 0 aromatic carbocycles. The van der Waals surface area contributed by atoms with Crippen LogP contribution < -0.4 is 11.1 Å². The Hall–Kier alpha value is -0.0800. The molecule has 0 saturated heterocycles. The van der Waals surface area contributed by atoms with Crippen LogP contribution in [0, 0.1) is 0 Å². The highest BCUT2D eigenvalue weighted by Crippen LogP contribution is 2.16. The lowest BCUT2D eigenvalue weighted by molar-refractivity contribution is 0.295. The van der Waals surface area contributed by atoms with Crippen LogP contribution in [-0.4, -0.2) is 12.2 Å². The largest absolute Gasteiger partial charge is 0.313 e. The topological polar surface area (TPSA) is 38.0 Å². The molecule has 3 N–H and O–H groups in total. The summed E-state index contributed by atoms with van der Waals surface area (Å²) in [6.07, 6.45) is 23.5. The van der Waals surface area contributed by atoms with Gasteiger partial charge in [-0.25, -0.2) is 0 Å². The molecule has 0 heterocycles. The second kappa shape index (κ2) is 17.7. The van der Waals surface area contributed by atoms with Crippen LogP contribution in [0.25, 0.3) is 0 Å². The van der Waals surface area contributed by atoms with Crippen LogP contribution in [0.4, 0.5) is 0 Å². The summed E-state index contributed by atoms with van der Waals surface area (Å²) in [6.45, 7) is 7.60. The Balaban J connectivity index is 3.20. The molecule has 0 rings (SSSR count). The van der Waals surface area contributed by atoms with Crippen LogP contribution >= 0.6 is 0 Å². The van der Waals surface area contributed by atoms with Gasteiger partial charge in [0.25, 0.3) is 0 Å². The summed E-state index contributed by atoms with van der Waals surface area (Å²) in [5.74, 6) is 0. The summed E-state index contributed by atoms with van der Waals surface area (Å²) >= 11 is 0. The van der Waals surface area contributed by atoms with Gasteiger partial charge in [-0.3, -0.25) is 5.32 Å². The zero-order valence-corrected chi connectivity index (χ0v) is 17.3. The van der Waals surface area contributed by atoms with Crippen molar-refractivity contribution >= 4 is 0 Å². The Bertz CT molecular complexity index is 242. The Morgan fingerprint density at radius 3 is 1.29 bits per heavy atom. The van der Waals surface area contributed by atoms with Crippen LogP contribution in [0.15, 0.2) is 0 Å². The van der Waals surface area contributed by atoms with E-state index >= 15 is 0 Å². The molecule has 24 heavy (non-hydrogen) atoms. The smallest absolute Gasteiger partial charge is 0.0659 e. The summed E-state index contributed by atoms with van der Waals surface area (Å²) in [4.78, 5) is 0. The summed E-state index contributed by atoms with van der Waals surface area (Å²) in [5, 5.41) is 3.44. The van der Waals surface area contributed by atoms with Crippen molar-refractivity contribution in [1.82, 2.24) is 5.32 Å². The van der Waals surface area contributed by atoms with Gasteiger partial charge in [0.1, 0.15) is 0 Å². The molecule has 0 aliphatic heterocycles. The molecule has 0 aromatic heterocycles. The van der Waals surface area contributed by atoms with Crippen molar-refractivity contribution in [1.29, 1.82) is 0 Å². The maximum absolute atomic E-state index is 6.35. The van der Waals surface area contributed by atoms with E-state index in [0.717, 1.165) is 19.4 Å². The molecule has 0 amide bonds. The molecule has 0 aliphatic rings. The summed E-state index contributed by atoms with van der Waals surface area (Å²) < 4.78 is 0. The van der Waals surface area contributed by atoms with E-state index in [1.807, 2.05) is 0 Å². The van der Waals surface area contributed by atoms with Gasteiger partial charge in [0.15, 0.2) is 0 Å². The lowest BCUT2D eigenvalue weighted by Crippen LogP contribution is -2.52. The molecule has 0 aromatic rings. The predicted molar refractivity (Wildman–Crippen MR) is 110 cm³/mol. The molecule has 0 aliphatic carbocycles. The summed E-state index contributed by atoms with van der Waals surface area (Å²) in [6, 6.07) is 0. The molecule has 0 saturated carbocycles. The maximum atomic E-state index is 6.35. The molecule has 2 nitrogen and oxygen atoms in total. The van der Waals surface area contributed by atoms with Gasteiger partial charge < -0.3 is 5.73 Å². The van der Waals surface area contributed by atoms with Crippen LogP contribution in [-0.2, 0) is 0 Å². The van der Waals surface area contributed by atoms with E-state index in [-0.39, 0.29) is 5.66 Å². The first-order chi connectivity index (χ1) is 11.7. The van der Waals surface area contributed by atoms with Crippen molar-refractivity contribution in [3.05, 3.63) is 0 Å². The minimum Gasteiger partial charge on any atom is -0.313 e. The van der Waals surface area contributed by atoms with Gasteiger partial charge in [-0.15, -0.1) is 0 Å². The van der Waals surface area contributed by atoms with Gasteiger partial charge in [0.2, 0.25) is 0 Å². The number of unbranched alkanes of at least 4 members (excludes halogenated alkanes) is 14. The van der Waals surface area contributed by atoms with Gasteiger partial charge in [0, 0.05) is 0 Å². The van der Waals surface area contributed by atoms with Crippen molar-refractivity contribution < 1.29 is 0 Å². The first-order valence-corrected chi connectivity index (χ1v) is 11.2. The molecule has 0 radical (unpaired) electrons. The predicted octanol–water partition coefficient (Wildman–Crippen LogP) is 6.92. The lowest BCUT2D eigenvalue weighted by atomic mass is 9.98. The molecule has 0 fully saturated rings. The van der Waals surface area contributed by atoms with Gasteiger partial charge in [-0.1, -0.05) is 117 Å². The van der Waals surface area contributed by atoms with E-state index < -0.39 is 0 Å². The van der Waals surface area contributed by atoms with Gasteiger partial charge in [0.05, 0.1) is 5.66 Å². The van der Waals surface area contributed by atoms with Crippen LogP contribution in [0.1, 0.15) is 130 Å². The van der Waals surface area contributed by atoms with Crippen molar-refractivity contribution in [3.8, 4) is 0 Å². The van der Waals surface area contributed by atoms with Crippen molar-refractivity contribution in [2.75, 3.05) is 6.54 Å².